The van der Waals surface area contributed by atoms with Gasteiger partial charge in [0.2, 0.25) is 0 Å². The van der Waals surface area contributed by atoms with E-state index in [2.05, 4.69) is 39.0 Å². The van der Waals surface area contributed by atoms with Crippen molar-refractivity contribution >= 4 is 16.6 Å². The number of piperazine rings is 1. The largest absolute Gasteiger partial charge is 0.497 e. The zero-order chi connectivity index (χ0) is 18.8. The number of fused-ring (bicyclic) bond motifs is 1. The van der Waals surface area contributed by atoms with Gasteiger partial charge in [0, 0.05) is 60.6 Å². The second kappa shape index (κ2) is 7.62. The molecule has 3 aromatic rings. The molecule has 1 saturated heterocycles. The molecule has 1 aliphatic heterocycles. The first-order valence-corrected chi connectivity index (χ1v) is 9.52. The van der Waals surface area contributed by atoms with Crippen LogP contribution in [0.15, 0.2) is 48.5 Å². The van der Waals surface area contributed by atoms with Crippen molar-refractivity contribution in [1.29, 1.82) is 0 Å². The molecule has 1 atom stereocenters. The van der Waals surface area contributed by atoms with Gasteiger partial charge in [-0.25, -0.2) is 0 Å². The maximum Gasteiger partial charge on any atom is 0.119 e. The van der Waals surface area contributed by atoms with Gasteiger partial charge in [-0.1, -0.05) is 18.2 Å². The Hall–Kier alpha value is -2.50. The Morgan fingerprint density at radius 3 is 2.44 bits per heavy atom. The number of aliphatic hydroxyl groups excluding tert-OH is 1. The molecule has 27 heavy (non-hydrogen) atoms. The summed E-state index contributed by atoms with van der Waals surface area (Å²) in [5.74, 6) is 0.884. The Labute approximate surface area is 160 Å². The fourth-order valence-corrected chi connectivity index (χ4v) is 4.05. The zero-order valence-electron chi connectivity index (χ0n) is 16.0. The second-order valence-corrected chi connectivity index (χ2v) is 7.21. The SMILES string of the molecule is COc1ccc(N2CCN(C[C@H](O)c3c(C)[nH]c4ccccc34)CC2)cc1. The summed E-state index contributed by atoms with van der Waals surface area (Å²) in [7, 11) is 1.69. The third kappa shape index (κ3) is 3.66. The lowest BCUT2D eigenvalue weighted by atomic mass is 10.0. The first-order chi connectivity index (χ1) is 13.2. The number of para-hydroxylation sites is 1. The fraction of sp³-hybridized carbons (Fsp3) is 0.364. The van der Waals surface area contributed by atoms with Crippen LogP contribution in [0.5, 0.6) is 5.75 Å². The number of benzene rings is 2. The highest BCUT2D eigenvalue weighted by Crippen LogP contribution is 2.29. The zero-order valence-corrected chi connectivity index (χ0v) is 16.0. The number of nitrogens with zero attached hydrogens (tertiary/aromatic N) is 2. The number of β-amino-alcohol motifs (C(OH)–C–C–N with tert-alkyl or cyclic N) is 1. The molecule has 142 valence electrons. The minimum Gasteiger partial charge on any atom is -0.497 e. The first-order valence-electron chi connectivity index (χ1n) is 9.52. The van der Waals surface area contributed by atoms with E-state index in [1.165, 1.54) is 5.69 Å². The van der Waals surface area contributed by atoms with Gasteiger partial charge in [-0.05, 0) is 37.3 Å². The van der Waals surface area contributed by atoms with Crippen LogP contribution in [0, 0.1) is 6.92 Å². The quantitative estimate of drug-likeness (QED) is 0.728. The average Bonchev–Trinajstić information content (AvgIpc) is 3.04. The lowest BCUT2D eigenvalue weighted by Crippen LogP contribution is -2.47. The van der Waals surface area contributed by atoms with E-state index in [4.69, 9.17) is 4.74 Å². The highest BCUT2D eigenvalue weighted by Gasteiger charge is 2.23. The number of aromatic amines is 1. The Morgan fingerprint density at radius 2 is 1.74 bits per heavy atom. The van der Waals surface area contributed by atoms with Crippen molar-refractivity contribution in [3.63, 3.8) is 0 Å². The van der Waals surface area contributed by atoms with Gasteiger partial charge in [-0.2, -0.15) is 0 Å². The van der Waals surface area contributed by atoms with Crippen LogP contribution < -0.4 is 9.64 Å². The van der Waals surface area contributed by atoms with Gasteiger partial charge in [0.1, 0.15) is 5.75 Å². The number of hydrogen-bond donors (Lipinski definition) is 2. The van der Waals surface area contributed by atoms with Gasteiger partial charge in [-0.3, -0.25) is 4.90 Å². The summed E-state index contributed by atoms with van der Waals surface area (Å²) in [5.41, 5.74) is 4.40. The molecular formula is C22H27N3O2. The van der Waals surface area contributed by atoms with Crippen molar-refractivity contribution in [3.8, 4) is 5.75 Å². The highest BCUT2D eigenvalue weighted by molar-refractivity contribution is 5.84. The number of methoxy groups -OCH3 is 1. The molecule has 2 N–H and O–H groups in total. The third-order valence-electron chi connectivity index (χ3n) is 5.52. The molecule has 0 bridgehead atoms. The molecule has 1 aromatic heterocycles. The third-order valence-corrected chi connectivity index (χ3v) is 5.52. The lowest BCUT2D eigenvalue weighted by molar-refractivity contribution is 0.110. The summed E-state index contributed by atoms with van der Waals surface area (Å²) in [6.45, 7) is 6.53. The average molecular weight is 365 g/mol. The van der Waals surface area contributed by atoms with Crippen molar-refractivity contribution in [2.24, 2.45) is 0 Å². The number of ether oxygens (including phenoxy) is 1. The standard InChI is InChI=1S/C22H27N3O2/c1-16-22(19-5-3-4-6-20(19)23-16)21(26)15-24-11-13-25(14-12-24)17-7-9-18(27-2)10-8-17/h3-10,21,23,26H,11-15H2,1-2H3/t21-/m0/s1. The van der Waals surface area contributed by atoms with Crippen LogP contribution >= 0.6 is 0 Å². The Bertz CT molecular complexity index is 896. The van der Waals surface area contributed by atoms with Crippen LogP contribution in [-0.4, -0.2) is 54.8 Å². The predicted octanol–water partition coefficient (Wildman–Crippen LogP) is 3.34. The number of nitrogens with one attached hydrogen (secondary N) is 1. The smallest absolute Gasteiger partial charge is 0.119 e. The number of hydrogen-bond acceptors (Lipinski definition) is 4. The monoisotopic (exact) mass is 365 g/mol. The molecular weight excluding hydrogens is 338 g/mol. The molecule has 5 heteroatoms. The van der Waals surface area contributed by atoms with Gasteiger partial charge in [0.05, 0.1) is 13.2 Å². The molecule has 0 radical (unpaired) electrons. The number of rotatable bonds is 5. The molecule has 2 heterocycles. The predicted molar refractivity (Wildman–Crippen MR) is 110 cm³/mol. The van der Waals surface area contributed by atoms with Gasteiger partial charge in [-0.15, -0.1) is 0 Å². The van der Waals surface area contributed by atoms with Crippen molar-refractivity contribution in [2.75, 3.05) is 44.7 Å². The molecule has 1 fully saturated rings. The summed E-state index contributed by atoms with van der Waals surface area (Å²) in [4.78, 5) is 8.13. The van der Waals surface area contributed by atoms with Gasteiger partial charge < -0.3 is 19.7 Å². The van der Waals surface area contributed by atoms with Crippen LogP contribution in [0.3, 0.4) is 0 Å². The van der Waals surface area contributed by atoms with Gasteiger partial charge in [0.25, 0.3) is 0 Å². The van der Waals surface area contributed by atoms with E-state index in [9.17, 15) is 5.11 Å². The lowest BCUT2D eigenvalue weighted by Gasteiger charge is -2.37. The van der Waals surface area contributed by atoms with Crippen molar-refractivity contribution < 1.29 is 9.84 Å². The minimum atomic E-state index is -0.478. The molecule has 0 unspecified atom stereocenters. The van der Waals surface area contributed by atoms with E-state index in [1.807, 2.05) is 31.2 Å². The van der Waals surface area contributed by atoms with Crippen LogP contribution in [-0.2, 0) is 0 Å². The van der Waals surface area contributed by atoms with Crippen molar-refractivity contribution in [1.82, 2.24) is 9.88 Å². The van der Waals surface area contributed by atoms with Crippen LogP contribution in [0.4, 0.5) is 5.69 Å². The second-order valence-electron chi connectivity index (χ2n) is 7.21. The molecule has 0 spiro atoms. The summed E-state index contributed by atoms with van der Waals surface area (Å²) < 4.78 is 5.24. The van der Waals surface area contributed by atoms with E-state index < -0.39 is 6.10 Å². The maximum absolute atomic E-state index is 10.9. The molecule has 0 aliphatic carbocycles. The highest BCUT2D eigenvalue weighted by atomic mass is 16.5. The van der Waals surface area contributed by atoms with Crippen LogP contribution in [0.1, 0.15) is 17.4 Å². The fourth-order valence-electron chi connectivity index (χ4n) is 4.05. The number of aromatic nitrogens is 1. The van der Waals surface area contributed by atoms with Gasteiger partial charge >= 0.3 is 0 Å². The molecule has 5 nitrogen and oxygen atoms in total. The van der Waals surface area contributed by atoms with Crippen molar-refractivity contribution in [3.05, 3.63) is 59.8 Å². The summed E-state index contributed by atoms with van der Waals surface area (Å²) in [5, 5.41) is 12.0. The van der Waals surface area contributed by atoms with E-state index in [1.54, 1.807) is 7.11 Å². The molecule has 1 aliphatic rings. The molecule has 0 saturated carbocycles. The minimum absolute atomic E-state index is 0.478. The first kappa shape index (κ1) is 17.9. The number of aliphatic hydroxyl groups is 1. The number of anilines is 1. The van der Waals surface area contributed by atoms with E-state index in [-0.39, 0.29) is 0 Å². The molecule has 2 aromatic carbocycles. The summed E-state index contributed by atoms with van der Waals surface area (Å²) in [6.07, 6.45) is -0.478. The Balaban J connectivity index is 1.39. The summed E-state index contributed by atoms with van der Waals surface area (Å²) >= 11 is 0. The van der Waals surface area contributed by atoms with E-state index in [0.717, 1.165) is 54.1 Å². The van der Waals surface area contributed by atoms with E-state index >= 15 is 0 Å². The van der Waals surface area contributed by atoms with Gasteiger partial charge in [0.15, 0.2) is 0 Å². The normalized spacial score (nSPS) is 16.6. The molecule has 0 amide bonds. The summed E-state index contributed by atoms with van der Waals surface area (Å²) in [6, 6.07) is 16.4. The number of H-pyrrole nitrogens is 1. The Morgan fingerprint density at radius 1 is 1.04 bits per heavy atom. The topological polar surface area (TPSA) is 51.7 Å². The number of aryl methyl sites for hydroxylation is 1. The molecule has 4 rings (SSSR count). The van der Waals surface area contributed by atoms with Crippen LogP contribution in [0.25, 0.3) is 10.9 Å². The Kier molecular flexibility index (Phi) is 5.05. The van der Waals surface area contributed by atoms with Crippen molar-refractivity contribution in [2.45, 2.75) is 13.0 Å². The maximum atomic E-state index is 10.9. The van der Waals surface area contributed by atoms with Crippen LogP contribution in [0.2, 0.25) is 0 Å². The van der Waals surface area contributed by atoms with E-state index in [0.29, 0.717) is 6.54 Å².